The van der Waals surface area contributed by atoms with Crippen molar-refractivity contribution in [2.75, 3.05) is 25.5 Å². The molecule has 0 spiro atoms. The van der Waals surface area contributed by atoms with Crippen LogP contribution in [0, 0.1) is 18.7 Å². The second-order valence-electron chi connectivity index (χ2n) is 7.27. The number of carbonyl (C=O) groups excluding carboxylic acids is 1. The summed E-state index contributed by atoms with van der Waals surface area (Å²) in [5, 5.41) is 6.70. The number of nitrogens with one attached hydrogen (secondary N) is 2. The van der Waals surface area contributed by atoms with E-state index in [0.29, 0.717) is 24.7 Å². The minimum Gasteiger partial charge on any atom is -0.493 e. The number of ketones is 1. The number of methoxy groups -OCH3 is 1. The topological polar surface area (TPSA) is 63.2 Å². The van der Waals surface area contributed by atoms with E-state index in [0.717, 1.165) is 18.7 Å². The number of para-hydroxylation sites is 1. The fourth-order valence-electron chi connectivity index (χ4n) is 3.51. The number of hydrogen-bond donors (Lipinski definition) is 2. The summed E-state index contributed by atoms with van der Waals surface area (Å²) < 4.78 is 19.3. The summed E-state index contributed by atoms with van der Waals surface area (Å²) in [4.78, 5) is 17.9. The Labute approximate surface area is 171 Å². The Morgan fingerprint density at radius 1 is 1.36 bits per heavy atom. The number of rotatable bonds is 6. The number of piperidine rings is 1. The number of aryl methyl sites for hydroxylation is 1. The Bertz CT molecular complexity index is 823. The minimum atomic E-state index is -0.834. The van der Waals surface area contributed by atoms with Crippen LogP contribution in [0.1, 0.15) is 35.8 Å². The van der Waals surface area contributed by atoms with E-state index < -0.39 is 11.4 Å². The zero-order valence-electron chi connectivity index (χ0n) is 16.4. The highest BCUT2D eigenvalue weighted by molar-refractivity contribution is 6.06. The van der Waals surface area contributed by atoms with Gasteiger partial charge in [0, 0.05) is 12.2 Å². The monoisotopic (exact) mass is 407 g/mol. The van der Waals surface area contributed by atoms with Crippen molar-refractivity contribution in [2.24, 2.45) is 5.92 Å². The number of Topliss-reactive ketones (excluding diaryl/α,β-unsaturated/α-hetero) is 1. The van der Waals surface area contributed by atoms with Crippen LogP contribution < -0.4 is 15.4 Å². The molecular weight excluding hydrogens is 381 g/mol. The molecule has 7 heteroatoms. The molecule has 1 saturated heterocycles. The molecule has 0 bridgehead atoms. The summed E-state index contributed by atoms with van der Waals surface area (Å²) in [5.41, 5.74) is 0.329. The van der Waals surface area contributed by atoms with Gasteiger partial charge < -0.3 is 15.4 Å². The highest BCUT2D eigenvalue weighted by Crippen LogP contribution is 2.31. The lowest BCUT2D eigenvalue weighted by molar-refractivity contribution is 0.0802. The molecule has 2 N–H and O–H groups in total. The Kier molecular flexibility index (Phi) is 7.38. The highest BCUT2D eigenvalue weighted by atomic mass is 35.5. The molecule has 0 saturated carbocycles. The number of carbonyl (C=O) groups is 1. The maximum atomic E-state index is 14.1. The minimum absolute atomic E-state index is 0. The third-order valence-corrected chi connectivity index (χ3v) is 5.16. The van der Waals surface area contributed by atoms with Gasteiger partial charge in [-0.3, -0.25) is 4.79 Å². The van der Waals surface area contributed by atoms with Gasteiger partial charge in [-0.25, -0.2) is 9.37 Å². The normalized spacial score (nSPS) is 21.5. The first kappa shape index (κ1) is 22.1. The number of aromatic nitrogens is 1. The van der Waals surface area contributed by atoms with Crippen LogP contribution >= 0.6 is 12.4 Å². The molecule has 152 valence electrons. The van der Waals surface area contributed by atoms with Crippen LogP contribution in [-0.2, 0) is 0 Å². The van der Waals surface area contributed by atoms with Gasteiger partial charge in [0.05, 0.1) is 18.2 Å². The zero-order chi connectivity index (χ0) is 19.4. The van der Waals surface area contributed by atoms with Crippen LogP contribution in [-0.4, -0.2) is 36.5 Å². The third-order valence-electron chi connectivity index (χ3n) is 5.16. The van der Waals surface area contributed by atoms with Crippen molar-refractivity contribution in [3.63, 3.8) is 0 Å². The Balaban J connectivity index is 0.00000280. The molecule has 0 unspecified atom stereocenters. The first-order valence-electron chi connectivity index (χ1n) is 9.25. The Morgan fingerprint density at radius 2 is 2.11 bits per heavy atom. The number of anilines is 1. The summed E-state index contributed by atoms with van der Waals surface area (Å²) in [7, 11) is 1.38. The van der Waals surface area contributed by atoms with E-state index in [9.17, 15) is 9.18 Å². The van der Waals surface area contributed by atoms with E-state index in [1.54, 1.807) is 12.1 Å². The predicted molar refractivity (Wildman–Crippen MR) is 111 cm³/mol. The maximum absolute atomic E-state index is 14.1. The quantitative estimate of drug-likeness (QED) is 0.708. The second-order valence-corrected chi connectivity index (χ2v) is 7.27. The van der Waals surface area contributed by atoms with E-state index in [4.69, 9.17) is 4.74 Å². The fraction of sp³-hybridized carbons (Fsp3) is 0.429. The molecule has 3 rings (SSSR count). The van der Waals surface area contributed by atoms with E-state index >= 15 is 0 Å². The van der Waals surface area contributed by atoms with Crippen LogP contribution in [0.2, 0.25) is 0 Å². The van der Waals surface area contributed by atoms with Crippen LogP contribution in [0.15, 0.2) is 36.4 Å². The van der Waals surface area contributed by atoms with Gasteiger partial charge >= 0.3 is 0 Å². The van der Waals surface area contributed by atoms with Gasteiger partial charge in [-0.15, -0.1) is 12.4 Å². The standard InChI is InChI=1S/C21H26FN3O2.ClH/c1-14-10-11-21(24-12-14,13-23-18-9-4-6-15(2)25-18)20(26)16-7-5-8-17(22)19(16)27-3;/h4-9,14,24H,10-13H2,1-3H3,(H,23,25);1H/t14-,21-;/m0./s1. The average Bonchev–Trinajstić information content (AvgIpc) is 2.67. The van der Waals surface area contributed by atoms with Gasteiger partial charge in [0.1, 0.15) is 5.82 Å². The number of nitrogens with zero attached hydrogens (tertiary/aromatic N) is 1. The number of pyridine rings is 1. The molecule has 0 amide bonds. The molecule has 2 aromatic rings. The van der Waals surface area contributed by atoms with Crippen LogP contribution in [0.3, 0.4) is 0 Å². The largest absolute Gasteiger partial charge is 0.493 e. The summed E-state index contributed by atoms with van der Waals surface area (Å²) in [6.45, 7) is 5.17. The summed E-state index contributed by atoms with van der Waals surface area (Å²) in [6.07, 6.45) is 1.57. The Morgan fingerprint density at radius 3 is 2.75 bits per heavy atom. The zero-order valence-corrected chi connectivity index (χ0v) is 17.2. The first-order valence-corrected chi connectivity index (χ1v) is 9.25. The molecule has 1 aliphatic heterocycles. The lowest BCUT2D eigenvalue weighted by Gasteiger charge is -2.39. The first-order chi connectivity index (χ1) is 12.9. The maximum Gasteiger partial charge on any atom is 0.188 e. The van der Waals surface area contributed by atoms with Crippen molar-refractivity contribution in [1.29, 1.82) is 0 Å². The van der Waals surface area contributed by atoms with Gasteiger partial charge in [0.15, 0.2) is 17.3 Å². The highest BCUT2D eigenvalue weighted by Gasteiger charge is 2.42. The van der Waals surface area contributed by atoms with Crippen molar-refractivity contribution in [1.82, 2.24) is 10.3 Å². The summed E-state index contributed by atoms with van der Waals surface area (Å²) in [6, 6.07) is 10.2. The van der Waals surface area contributed by atoms with Crippen molar-refractivity contribution in [2.45, 2.75) is 32.2 Å². The molecule has 5 nitrogen and oxygen atoms in total. The van der Waals surface area contributed by atoms with Gasteiger partial charge in [0.2, 0.25) is 0 Å². The molecule has 0 radical (unpaired) electrons. The third kappa shape index (κ3) is 4.62. The smallest absolute Gasteiger partial charge is 0.188 e. The van der Waals surface area contributed by atoms with E-state index in [2.05, 4.69) is 22.5 Å². The lowest BCUT2D eigenvalue weighted by Crippen LogP contribution is -2.60. The SMILES string of the molecule is COc1c(F)cccc1C(=O)[C@@]1(CNc2cccc(C)n2)CC[C@H](C)CN1.Cl. The van der Waals surface area contributed by atoms with Crippen molar-refractivity contribution in [3.05, 3.63) is 53.5 Å². The predicted octanol–water partition coefficient (Wildman–Crippen LogP) is 4.01. The van der Waals surface area contributed by atoms with Gasteiger partial charge in [-0.05, 0) is 56.5 Å². The molecule has 1 aromatic heterocycles. The van der Waals surface area contributed by atoms with Crippen molar-refractivity contribution >= 4 is 24.0 Å². The molecule has 28 heavy (non-hydrogen) atoms. The van der Waals surface area contributed by atoms with Crippen LogP contribution in [0.4, 0.5) is 10.2 Å². The number of hydrogen-bond acceptors (Lipinski definition) is 5. The average molecular weight is 408 g/mol. The lowest BCUT2D eigenvalue weighted by atomic mass is 9.79. The molecule has 2 heterocycles. The second kappa shape index (κ2) is 9.34. The van der Waals surface area contributed by atoms with Gasteiger partial charge in [-0.1, -0.05) is 19.1 Å². The van der Waals surface area contributed by atoms with Gasteiger partial charge in [0.25, 0.3) is 0 Å². The van der Waals surface area contributed by atoms with Crippen LogP contribution in [0.25, 0.3) is 0 Å². The van der Waals surface area contributed by atoms with E-state index in [1.165, 1.54) is 13.2 Å². The van der Waals surface area contributed by atoms with Crippen molar-refractivity contribution in [3.8, 4) is 5.75 Å². The number of ether oxygens (including phenoxy) is 1. The molecule has 2 atom stereocenters. The van der Waals surface area contributed by atoms with E-state index in [1.807, 2.05) is 25.1 Å². The molecule has 0 aliphatic carbocycles. The van der Waals surface area contributed by atoms with E-state index in [-0.39, 0.29) is 29.5 Å². The Hall–Kier alpha value is -2.18. The number of benzene rings is 1. The molecule has 1 fully saturated rings. The molecule has 1 aliphatic rings. The summed E-state index contributed by atoms with van der Waals surface area (Å²) in [5.74, 6) is 0.504. The van der Waals surface area contributed by atoms with Crippen LogP contribution in [0.5, 0.6) is 5.75 Å². The molecule has 1 aromatic carbocycles. The van der Waals surface area contributed by atoms with Gasteiger partial charge in [-0.2, -0.15) is 0 Å². The summed E-state index contributed by atoms with van der Waals surface area (Å²) >= 11 is 0. The number of halogens is 2. The fourth-order valence-corrected chi connectivity index (χ4v) is 3.51. The van der Waals surface area contributed by atoms with Crippen molar-refractivity contribution < 1.29 is 13.9 Å². The molecular formula is C21H27ClFN3O2.